The van der Waals surface area contributed by atoms with Crippen LogP contribution in [-0.4, -0.2) is 18.4 Å². The first-order valence-corrected chi connectivity index (χ1v) is 8.00. The van der Waals surface area contributed by atoms with E-state index < -0.39 is 10.0 Å². The fourth-order valence-electron chi connectivity index (χ4n) is 1.43. The molecule has 0 atom stereocenters. The van der Waals surface area contributed by atoms with Crippen molar-refractivity contribution in [3.63, 3.8) is 0 Å². The number of nitrogens with zero attached hydrogens (tertiary/aromatic N) is 2. The van der Waals surface area contributed by atoms with Gasteiger partial charge in [0.05, 0.1) is 5.02 Å². The van der Waals surface area contributed by atoms with Crippen LogP contribution in [0, 0.1) is 0 Å². The predicted molar refractivity (Wildman–Crippen MR) is 76.9 cm³/mol. The van der Waals surface area contributed by atoms with Crippen LogP contribution in [0.15, 0.2) is 40.0 Å². The lowest BCUT2D eigenvalue weighted by Crippen LogP contribution is -2.14. The van der Waals surface area contributed by atoms with Gasteiger partial charge in [0.1, 0.15) is 11.5 Å². The lowest BCUT2D eigenvalue weighted by Gasteiger charge is -2.12. The zero-order valence-corrected chi connectivity index (χ0v) is 13.1. The van der Waals surface area contributed by atoms with Crippen LogP contribution >= 0.6 is 27.5 Å². The Bertz CT molecular complexity index is 725. The quantitative estimate of drug-likeness (QED) is 0.879. The van der Waals surface area contributed by atoms with Crippen molar-refractivity contribution < 1.29 is 13.2 Å². The molecule has 0 aliphatic heterocycles. The van der Waals surface area contributed by atoms with Crippen LogP contribution in [0.4, 0.5) is 0 Å². The Hall–Kier alpha value is -1.22. The average molecular weight is 379 g/mol. The molecule has 20 heavy (non-hydrogen) atoms. The summed E-state index contributed by atoms with van der Waals surface area (Å²) in [5.74, 6) is 0.372. The molecule has 1 heterocycles. The highest BCUT2D eigenvalue weighted by molar-refractivity contribution is 9.10. The summed E-state index contributed by atoms with van der Waals surface area (Å²) in [4.78, 5) is 7.73. The van der Waals surface area contributed by atoms with Gasteiger partial charge in [-0.2, -0.15) is 0 Å². The summed E-state index contributed by atoms with van der Waals surface area (Å²) < 4.78 is 29.0. The fraction of sp³-hybridized carbons (Fsp3) is 0.0909. The van der Waals surface area contributed by atoms with E-state index in [1.807, 2.05) is 0 Å². The van der Waals surface area contributed by atoms with Gasteiger partial charge in [-0.3, -0.25) is 0 Å². The van der Waals surface area contributed by atoms with E-state index in [1.54, 1.807) is 18.5 Å². The van der Waals surface area contributed by atoms with Gasteiger partial charge in [-0.25, -0.2) is 23.5 Å². The fourth-order valence-corrected chi connectivity index (χ4v) is 3.22. The smallest absolute Gasteiger partial charge is 0.241 e. The van der Waals surface area contributed by atoms with Gasteiger partial charge in [0.2, 0.25) is 10.0 Å². The van der Waals surface area contributed by atoms with E-state index in [9.17, 15) is 8.42 Å². The van der Waals surface area contributed by atoms with Crippen molar-refractivity contribution >= 4 is 37.6 Å². The summed E-state index contributed by atoms with van der Waals surface area (Å²) in [6.07, 6.45) is 3.10. The van der Waals surface area contributed by atoms with Crippen molar-refractivity contribution in [3.8, 4) is 5.75 Å². The number of benzene rings is 1. The van der Waals surface area contributed by atoms with E-state index in [4.69, 9.17) is 21.5 Å². The van der Waals surface area contributed by atoms with Crippen molar-refractivity contribution in [2.24, 2.45) is 5.14 Å². The van der Waals surface area contributed by atoms with E-state index in [0.29, 0.717) is 10.3 Å². The van der Waals surface area contributed by atoms with Gasteiger partial charge in [0, 0.05) is 16.9 Å². The standard InChI is InChI=1S/C11H9BrClN3O3S/c12-7-4-8(13)11(9(5-7)20(14,17)18)19-6-10-15-2-1-3-16-10/h1-5H,6H2,(H2,14,17,18). The molecule has 9 heteroatoms. The summed E-state index contributed by atoms with van der Waals surface area (Å²) in [6.45, 7) is -0.0231. The summed E-state index contributed by atoms with van der Waals surface area (Å²) >= 11 is 9.14. The third kappa shape index (κ3) is 3.66. The van der Waals surface area contributed by atoms with Crippen LogP contribution in [0.1, 0.15) is 5.82 Å². The molecule has 0 saturated carbocycles. The van der Waals surface area contributed by atoms with Gasteiger partial charge in [-0.15, -0.1) is 0 Å². The molecule has 1 aromatic carbocycles. The monoisotopic (exact) mass is 377 g/mol. The third-order valence-electron chi connectivity index (χ3n) is 2.25. The maximum atomic E-state index is 11.6. The molecule has 0 bridgehead atoms. The highest BCUT2D eigenvalue weighted by atomic mass is 79.9. The molecule has 0 unspecified atom stereocenters. The highest BCUT2D eigenvalue weighted by Gasteiger charge is 2.20. The lowest BCUT2D eigenvalue weighted by molar-refractivity contribution is 0.288. The molecule has 0 aliphatic carbocycles. The number of hydrogen-bond acceptors (Lipinski definition) is 5. The molecule has 0 aliphatic rings. The minimum atomic E-state index is -3.96. The second-order valence-electron chi connectivity index (χ2n) is 3.71. The van der Waals surface area contributed by atoms with Gasteiger partial charge >= 0.3 is 0 Å². The SMILES string of the molecule is NS(=O)(=O)c1cc(Br)cc(Cl)c1OCc1ncccn1. The van der Waals surface area contributed by atoms with Crippen molar-refractivity contribution in [1.82, 2.24) is 9.97 Å². The molecule has 1 aromatic heterocycles. The number of hydrogen-bond donors (Lipinski definition) is 1. The van der Waals surface area contributed by atoms with Crippen molar-refractivity contribution in [1.29, 1.82) is 0 Å². The van der Waals surface area contributed by atoms with Crippen LogP contribution in [-0.2, 0) is 16.6 Å². The third-order valence-corrected chi connectivity index (χ3v) is 3.90. The first-order valence-electron chi connectivity index (χ1n) is 5.28. The predicted octanol–water partition coefficient (Wildman–Crippen LogP) is 2.12. The van der Waals surface area contributed by atoms with Crippen LogP contribution < -0.4 is 9.88 Å². The molecule has 2 aromatic rings. The molecule has 0 fully saturated rings. The first-order chi connectivity index (χ1) is 9.38. The molecule has 2 N–H and O–H groups in total. The van der Waals surface area contributed by atoms with E-state index in [2.05, 4.69) is 25.9 Å². The summed E-state index contributed by atoms with van der Waals surface area (Å²) in [5, 5.41) is 5.27. The summed E-state index contributed by atoms with van der Waals surface area (Å²) in [6, 6.07) is 4.49. The van der Waals surface area contributed by atoms with E-state index >= 15 is 0 Å². The molecule has 0 radical (unpaired) electrons. The Morgan fingerprint density at radius 3 is 2.55 bits per heavy atom. The topological polar surface area (TPSA) is 95.2 Å². The zero-order chi connectivity index (χ0) is 14.8. The zero-order valence-electron chi connectivity index (χ0n) is 9.95. The van der Waals surface area contributed by atoms with Crippen molar-refractivity contribution in [2.75, 3.05) is 0 Å². The Kier molecular flexibility index (Phi) is 4.59. The normalized spacial score (nSPS) is 11.3. The lowest BCUT2D eigenvalue weighted by atomic mass is 10.3. The number of rotatable bonds is 4. The van der Waals surface area contributed by atoms with E-state index in [0.717, 1.165) is 0 Å². The second-order valence-corrected chi connectivity index (χ2v) is 6.57. The Balaban J connectivity index is 2.36. The molecular formula is C11H9BrClN3O3S. The Labute approximate surface area is 129 Å². The van der Waals surface area contributed by atoms with Gasteiger partial charge in [0.15, 0.2) is 11.6 Å². The summed E-state index contributed by atoms with van der Waals surface area (Å²) in [5.41, 5.74) is 0. The van der Waals surface area contributed by atoms with Crippen molar-refractivity contribution in [3.05, 3.63) is 45.9 Å². The number of halogens is 2. The summed E-state index contributed by atoms with van der Waals surface area (Å²) in [7, 11) is -3.96. The number of nitrogens with two attached hydrogens (primary N) is 1. The molecule has 2 rings (SSSR count). The van der Waals surface area contributed by atoms with Crippen LogP contribution in [0.2, 0.25) is 5.02 Å². The molecular weight excluding hydrogens is 370 g/mol. The minimum absolute atomic E-state index is 0.0231. The molecule has 0 spiro atoms. The molecule has 0 saturated heterocycles. The highest BCUT2D eigenvalue weighted by Crippen LogP contribution is 2.35. The van der Waals surface area contributed by atoms with Crippen LogP contribution in [0.3, 0.4) is 0 Å². The van der Waals surface area contributed by atoms with Gasteiger partial charge < -0.3 is 4.74 Å². The largest absolute Gasteiger partial charge is 0.483 e. The Morgan fingerprint density at radius 2 is 1.95 bits per heavy atom. The first kappa shape index (κ1) is 15.2. The molecule has 0 amide bonds. The Morgan fingerprint density at radius 1 is 1.30 bits per heavy atom. The van der Waals surface area contributed by atoms with Crippen molar-refractivity contribution in [2.45, 2.75) is 11.5 Å². The molecule has 106 valence electrons. The van der Waals surface area contributed by atoms with E-state index in [1.165, 1.54) is 12.1 Å². The second kappa shape index (κ2) is 6.04. The molecule has 6 nitrogen and oxygen atoms in total. The number of ether oxygens (including phenoxy) is 1. The number of sulfonamides is 1. The maximum Gasteiger partial charge on any atom is 0.241 e. The van der Waals surface area contributed by atoms with Gasteiger partial charge in [-0.05, 0) is 18.2 Å². The average Bonchev–Trinajstić information content (AvgIpc) is 2.37. The van der Waals surface area contributed by atoms with Crippen LogP contribution in [0.5, 0.6) is 5.75 Å². The van der Waals surface area contributed by atoms with Crippen LogP contribution in [0.25, 0.3) is 0 Å². The van der Waals surface area contributed by atoms with Gasteiger partial charge in [0.25, 0.3) is 0 Å². The van der Waals surface area contributed by atoms with E-state index in [-0.39, 0.29) is 22.3 Å². The number of primary sulfonamides is 1. The maximum absolute atomic E-state index is 11.6. The number of aromatic nitrogens is 2. The van der Waals surface area contributed by atoms with Gasteiger partial charge in [-0.1, -0.05) is 27.5 Å². The minimum Gasteiger partial charge on any atom is -0.483 e.